The first-order chi connectivity index (χ1) is 23.0. The Kier molecular flexibility index (Phi) is 17.6. The molecular weight excluding hydrogens is 565 g/mol. The molecule has 0 bridgehead atoms. The largest absolute Gasteiger partial charge is 0.106 e. The Morgan fingerprint density at radius 2 is 0.660 bits per heavy atom. The minimum atomic E-state index is 0.746. The Bertz CT molecular complexity index is 1590. The molecule has 0 spiro atoms. The molecule has 0 N–H and O–H groups in total. The quantitative estimate of drug-likeness (QED) is 0.132. The molecule has 5 aromatic carbocycles. The second kappa shape index (κ2) is 22.0. The van der Waals surface area contributed by atoms with Gasteiger partial charge >= 0.3 is 0 Å². The maximum atomic E-state index is 3.36. The van der Waals surface area contributed by atoms with E-state index in [-0.39, 0.29) is 0 Å². The Morgan fingerprint density at radius 1 is 0.426 bits per heavy atom. The molecule has 0 nitrogen and oxygen atoms in total. The van der Waals surface area contributed by atoms with E-state index >= 15 is 0 Å². The molecule has 0 aliphatic heterocycles. The van der Waals surface area contributed by atoms with Gasteiger partial charge in [0, 0.05) is 24.0 Å². The average Bonchev–Trinajstić information content (AvgIpc) is 3.11. The van der Waals surface area contributed by atoms with Gasteiger partial charge in [-0.2, -0.15) is 0 Å². The summed E-state index contributed by atoms with van der Waals surface area (Å²) in [4.78, 5) is 0. The first kappa shape index (κ1) is 37.6. The minimum absolute atomic E-state index is 0.746. The second-order valence-corrected chi connectivity index (χ2v) is 10.9. The average molecular weight is 613 g/mol. The molecule has 0 fully saturated rings. The van der Waals surface area contributed by atoms with Gasteiger partial charge in [0.1, 0.15) is 0 Å². The van der Waals surface area contributed by atoms with Crippen LogP contribution in [-0.2, 0) is 25.7 Å². The molecular formula is C47H48. The highest BCUT2D eigenvalue weighted by molar-refractivity contribution is 5.43. The van der Waals surface area contributed by atoms with Crippen molar-refractivity contribution in [3.63, 3.8) is 0 Å². The number of benzene rings is 5. The van der Waals surface area contributed by atoms with Crippen LogP contribution in [0, 0.1) is 37.5 Å². The summed E-state index contributed by atoms with van der Waals surface area (Å²) in [5, 5.41) is 0. The van der Waals surface area contributed by atoms with Crippen molar-refractivity contribution in [1.82, 2.24) is 0 Å². The maximum absolute atomic E-state index is 3.36. The normalized spacial score (nSPS) is 9.17. The van der Waals surface area contributed by atoms with E-state index < -0.39 is 0 Å². The number of allylic oxidation sites excluding steroid dienone is 1. The van der Waals surface area contributed by atoms with Crippen LogP contribution in [0.5, 0.6) is 0 Å². The fraction of sp³-hybridized carbons (Fsp3) is 0.149. The lowest BCUT2D eigenvalue weighted by Gasteiger charge is -2.04. The van der Waals surface area contributed by atoms with Crippen molar-refractivity contribution in [3.8, 4) is 23.7 Å². The molecule has 0 atom stereocenters. The van der Waals surface area contributed by atoms with Crippen molar-refractivity contribution in [2.75, 3.05) is 0 Å². The Hall–Kier alpha value is -5.56. The first-order valence-corrected chi connectivity index (χ1v) is 15.9. The lowest BCUT2D eigenvalue weighted by Crippen LogP contribution is -1.90. The van der Waals surface area contributed by atoms with Crippen LogP contribution in [0.1, 0.15) is 62.6 Å². The van der Waals surface area contributed by atoms with Gasteiger partial charge in [0.2, 0.25) is 0 Å². The topological polar surface area (TPSA) is 0 Å². The maximum Gasteiger partial charge on any atom is 0.0344 e. The van der Waals surface area contributed by atoms with Crippen LogP contribution in [0.4, 0.5) is 0 Å². The second-order valence-electron chi connectivity index (χ2n) is 10.9. The molecule has 0 saturated carbocycles. The fourth-order valence-corrected chi connectivity index (χ4v) is 4.57. The molecule has 0 heteroatoms. The molecule has 0 unspecified atom stereocenters. The van der Waals surface area contributed by atoms with Gasteiger partial charge in [0.15, 0.2) is 0 Å². The van der Waals surface area contributed by atoms with Crippen molar-refractivity contribution < 1.29 is 0 Å². The third-order valence-corrected chi connectivity index (χ3v) is 7.04. The Labute approximate surface area is 285 Å². The van der Waals surface area contributed by atoms with Gasteiger partial charge in [-0.3, -0.25) is 0 Å². The molecule has 47 heavy (non-hydrogen) atoms. The van der Waals surface area contributed by atoms with Crippen molar-refractivity contribution in [2.24, 2.45) is 0 Å². The van der Waals surface area contributed by atoms with E-state index in [0.717, 1.165) is 36.8 Å². The summed E-state index contributed by atoms with van der Waals surface area (Å²) in [6.45, 7) is 21.5. The number of hydrogen-bond donors (Lipinski definition) is 0. The van der Waals surface area contributed by atoms with Gasteiger partial charge in [-0.1, -0.05) is 138 Å². The fourth-order valence-electron chi connectivity index (χ4n) is 4.57. The molecule has 0 aliphatic carbocycles. The molecule has 0 aliphatic rings. The minimum Gasteiger partial charge on any atom is -0.106 e. The van der Waals surface area contributed by atoms with Crippen molar-refractivity contribution >= 4 is 0 Å². The van der Waals surface area contributed by atoms with Crippen LogP contribution >= 0.6 is 0 Å². The molecule has 5 rings (SSSR count). The Balaban J connectivity index is 0.00000102. The SMILES string of the molecule is C=C.C=C.C=CC.Cc1ccc(Cc2ccc(CC#Cc3ccc(C#CCc4ccc(Cc5ccc(C)cc5)cc4)cc3)cc2)cc1. The van der Waals surface area contributed by atoms with Crippen molar-refractivity contribution in [2.45, 2.75) is 46.5 Å². The van der Waals surface area contributed by atoms with Crippen LogP contribution in [0.25, 0.3) is 0 Å². The zero-order chi connectivity index (χ0) is 34.3. The van der Waals surface area contributed by atoms with Gasteiger partial charge in [0.05, 0.1) is 0 Å². The third kappa shape index (κ3) is 14.4. The molecule has 0 saturated heterocycles. The van der Waals surface area contributed by atoms with Crippen LogP contribution in [-0.4, -0.2) is 0 Å². The predicted octanol–water partition coefficient (Wildman–Crippen LogP) is 11.5. The lowest BCUT2D eigenvalue weighted by molar-refractivity contribution is 1.17. The summed E-state index contributed by atoms with van der Waals surface area (Å²) in [6.07, 6.45) is 5.16. The zero-order valence-electron chi connectivity index (χ0n) is 28.5. The van der Waals surface area contributed by atoms with Gasteiger partial charge in [-0.25, -0.2) is 0 Å². The molecule has 5 aromatic rings. The molecule has 0 radical (unpaired) electrons. The van der Waals surface area contributed by atoms with Gasteiger partial charge in [0.25, 0.3) is 0 Å². The van der Waals surface area contributed by atoms with E-state index in [0.29, 0.717) is 0 Å². The van der Waals surface area contributed by atoms with Crippen LogP contribution in [0.15, 0.2) is 160 Å². The van der Waals surface area contributed by atoms with Gasteiger partial charge < -0.3 is 0 Å². The highest BCUT2D eigenvalue weighted by Crippen LogP contribution is 2.14. The van der Waals surface area contributed by atoms with E-state index in [1.165, 1.54) is 44.5 Å². The van der Waals surface area contributed by atoms with E-state index in [1.807, 2.05) is 6.92 Å². The predicted molar refractivity (Wildman–Crippen MR) is 207 cm³/mol. The van der Waals surface area contributed by atoms with E-state index in [4.69, 9.17) is 0 Å². The molecule has 236 valence electrons. The van der Waals surface area contributed by atoms with Crippen LogP contribution in [0.3, 0.4) is 0 Å². The van der Waals surface area contributed by atoms with E-state index in [2.05, 4.69) is 192 Å². The third-order valence-electron chi connectivity index (χ3n) is 7.04. The highest BCUT2D eigenvalue weighted by Gasteiger charge is 1.99. The molecule has 0 aromatic heterocycles. The zero-order valence-corrected chi connectivity index (χ0v) is 28.5. The van der Waals surface area contributed by atoms with E-state index in [1.54, 1.807) is 6.08 Å². The highest BCUT2D eigenvalue weighted by atomic mass is 14.0. The standard InChI is InChI=1S/C40H34.C3H6.2C2H4/c1-31-9-13-37(14-10-31)29-39-25-21-35(22-26-39)7-3-5-33-17-19-34(20-18-33)6-4-8-36-23-27-40(28-24-36)30-38-15-11-32(2)12-16-38;1-3-2;2*1-2/h9-28H,7-8,29-30H2,1-2H3;3H,1H2,2H3;2*1-2H2. The molecule has 0 amide bonds. The summed E-state index contributed by atoms with van der Waals surface area (Å²) in [7, 11) is 0. The van der Waals surface area contributed by atoms with Crippen LogP contribution < -0.4 is 0 Å². The van der Waals surface area contributed by atoms with Gasteiger partial charge in [-0.15, -0.1) is 32.9 Å². The summed E-state index contributed by atoms with van der Waals surface area (Å²) < 4.78 is 0. The van der Waals surface area contributed by atoms with Crippen LogP contribution in [0.2, 0.25) is 0 Å². The summed E-state index contributed by atoms with van der Waals surface area (Å²) in [6, 6.07) is 43.3. The van der Waals surface area contributed by atoms with Crippen molar-refractivity contribution in [1.29, 1.82) is 0 Å². The smallest absolute Gasteiger partial charge is 0.0344 e. The lowest BCUT2D eigenvalue weighted by atomic mass is 10.0. The first-order valence-electron chi connectivity index (χ1n) is 15.9. The Morgan fingerprint density at radius 3 is 0.936 bits per heavy atom. The van der Waals surface area contributed by atoms with Gasteiger partial charge in [-0.05, 0) is 91.3 Å². The van der Waals surface area contributed by atoms with Crippen molar-refractivity contribution in [3.05, 3.63) is 216 Å². The van der Waals surface area contributed by atoms with E-state index in [9.17, 15) is 0 Å². The number of hydrogen-bond acceptors (Lipinski definition) is 0. The molecule has 0 heterocycles. The number of aryl methyl sites for hydroxylation is 2. The summed E-state index contributed by atoms with van der Waals surface area (Å²) >= 11 is 0. The monoisotopic (exact) mass is 612 g/mol. The summed E-state index contributed by atoms with van der Waals surface area (Å²) in [5.41, 5.74) is 12.5. The summed E-state index contributed by atoms with van der Waals surface area (Å²) in [5.74, 6) is 13.2. The number of rotatable bonds is 6.